The molecule has 5 nitrogen and oxygen atoms in total. The van der Waals surface area contributed by atoms with Crippen LogP contribution < -0.4 is 4.74 Å². The summed E-state index contributed by atoms with van der Waals surface area (Å²) < 4.78 is 5.30. The highest BCUT2D eigenvalue weighted by molar-refractivity contribution is 5.94. The molecule has 120 valence electrons. The summed E-state index contributed by atoms with van der Waals surface area (Å²) in [5, 5.41) is 0. The summed E-state index contributed by atoms with van der Waals surface area (Å²) in [5.41, 5.74) is 1.72. The summed E-state index contributed by atoms with van der Waals surface area (Å²) >= 11 is 0. The van der Waals surface area contributed by atoms with E-state index in [2.05, 4.69) is 0 Å². The number of benzene rings is 1. The molecule has 0 N–H and O–H groups in total. The molecule has 0 radical (unpaired) electrons. The van der Waals surface area contributed by atoms with Crippen LogP contribution in [0.4, 0.5) is 0 Å². The normalized spacial score (nSPS) is 14.9. The number of hydrogen-bond acceptors (Lipinski definition) is 3. The zero-order valence-corrected chi connectivity index (χ0v) is 13.6. The molecule has 2 amide bonds. The number of carbonyl (C=O) groups excluding carboxylic acids is 2. The summed E-state index contributed by atoms with van der Waals surface area (Å²) in [5.74, 6) is 1.00. The van der Waals surface area contributed by atoms with Crippen molar-refractivity contribution in [2.75, 3.05) is 33.3 Å². The third-order valence-corrected chi connectivity index (χ3v) is 4.13. The highest BCUT2D eigenvalue weighted by atomic mass is 16.5. The predicted molar refractivity (Wildman–Crippen MR) is 85.1 cm³/mol. The minimum absolute atomic E-state index is 0.0287. The monoisotopic (exact) mass is 304 g/mol. The van der Waals surface area contributed by atoms with Gasteiger partial charge in [0.05, 0.1) is 7.11 Å². The lowest BCUT2D eigenvalue weighted by Gasteiger charge is -2.34. The first-order valence-electron chi connectivity index (χ1n) is 7.84. The van der Waals surface area contributed by atoms with Gasteiger partial charge in [-0.25, -0.2) is 0 Å². The number of aryl methyl sites for hydroxylation is 1. The number of carbonyl (C=O) groups is 2. The van der Waals surface area contributed by atoms with Crippen molar-refractivity contribution in [2.24, 2.45) is 0 Å². The first kappa shape index (κ1) is 16.3. The van der Waals surface area contributed by atoms with Crippen molar-refractivity contribution in [2.45, 2.75) is 26.7 Å². The van der Waals surface area contributed by atoms with Crippen LogP contribution in [-0.2, 0) is 11.2 Å². The molecule has 2 rings (SSSR count). The lowest BCUT2D eigenvalue weighted by atomic mass is 10.1. The fraction of sp³-hybridized carbons (Fsp3) is 0.529. The van der Waals surface area contributed by atoms with Crippen LogP contribution in [0.25, 0.3) is 0 Å². The van der Waals surface area contributed by atoms with Crippen LogP contribution in [0, 0.1) is 0 Å². The average Bonchev–Trinajstić information content (AvgIpc) is 2.59. The van der Waals surface area contributed by atoms with Crippen molar-refractivity contribution in [3.8, 4) is 5.75 Å². The topological polar surface area (TPSA) is 49.9 Å². The van der Waals surface area contributed by atoms with Crippen molar-refractivity contribution in [1.82, 2.24) is 9.80 Å². The van der Waals surface area contributed by atoms with Crippen LogP contribution in [-0.4, -0.2) is 54.9 Å². The maximum Gasteiger partial charge on any atom is 0.253 e. The molecule has 1 aliphatic rings. The number of piperazine rings is 1. The van der Waals surface area contributed by atoms with Gasteiger partial charge in [0.25, 0.3) is 5.91 Å². The van der Waals surface area contributed by atoms with Gasteiger partial charge in [-0.2, -0.15) is 0 Å². The Hall–Kier alpha value is -2.04. The van der Waals surface area contributed by atoms with E-state index in [4.69, 9.17) is 4.74 Å². The van der Waals surface area contributed by atoms with Gasteiger partial charge in [-0.05, 0) is 30.2 Å². The average molecular weight is 304 g/mol. The van der Waals surface area contributed by atoms with E-state index in [0.717, 1.165) is 17.7 Å². The maximum atomic E-state index is 12.6. The largest absolute Gasteiger partial charge is 0.496 e. The fourth-order valence-corrected chi connectivity index (χ4v) is 2.75. The zero-order valence-electron chi connectivity index (χ0n) is 13.6. The van der Waals surface area contributed by atoms with E-state index in [9.17, 15) is 9.59 Å². The fourth-order valence-electron chi connectivity index (χ4n) is 2.75. The van der Waals surface area contributed by atoms with Gasteiger partial charge in [-0.3, -0.25) is 9.59 Å². The summed E-state index contributed by atoms with van der Waals surface area (Å²) in [6.07, 6.45) is 1.34. The summed E-state index contributed by atoms with van der Waals surface area (Å²) in [6, 6.07) is 5.57. The molecule has 1 saturated heterocycles. The summed E-state index contributed by atoms with van der Waals surface area (Å²) in [6.45, 7) is 6.34. The quantitative estimate of drug-likeness (QED) is 0.854. The molecular weight excluding hydrogens is 280 g/mol. The number of hydrogen-bond donors (Lipinski definition) is 0. The van der Waals surface area contributed by atoms with E-state index in [0.29, 0.717) is 38.2 Å². The van der Waals surface area contributed by atoms with Crippen LogP contribution >= 0.6 is 0 Å². The van der Waals surface area contributed by atoms with Crippen LogP contribution in [0.3, 0.4) is 0 Å². The molecule has 0 aromatic heterocycles. The molecule has 1 fully saturated rings. The maximum absolute atomic E-state index is 12.6. The smallest absolute Gasteiger partial charge is 0.253 e. The highest BCUT2D eigenvalue weighted by Gasteiger charge is 2.24. The summed E-state index contributed by atoms with van der Waals surface area (Å²) in [4.78, 5) is 27.9. The van der Waals surface area contributed by atoms with E-state index in [1.165, 1.54) is 0 Å². The Balaban J connectivity index is 2.05. The summed E-state index contributed by atoms with van der Waals surface area (Å²) in [7, 11) is 1.64. The third kappa shape index (κ3) is 3.40. The van der Waals surface area contributed by atoms with Crippen LogP contribution in [0.5, 0.6) is 5.75 Å². The molecular formula is C17H24N2O3. The van der Waals surface area contributed by atoms with Gasteiger partial charge in [0.2, 0.25) is 5.91 Å². The molecule has 1 aromatic carbocycles. The first-order chi connectivity index (χ1) is 10.6. The van der Waals surface area contributed by atoms with Gasteiger partial charge in [0.15, 0.2) is 0 Å². The molecule has 0 spiro atoms. The molecule has 1 aromatic rings. The van der Waals surface area contributed by atoms with Crippen molar-refractivity contribution >= 4 is 11.8 Å². The molecule has 1 aliphatic heterocycles. The molecule has 22 heavy (non-hydrogen) atoms. The Kier molecular flexibility index (Phi) is 5.41. The van der Waals surface area contributed by atoms with Crippen molar-refractivity contribution in [3.63, 3.8) is 0 Å². The van der Waals surface area contributed by atoms with E-state index < -0.39 is 0 Å². The van der Waals surface area contributed by atoms with Crippen molar-refractivity contribution in [3.05, 3.63) is 29.3 Å². The first-order valence-corrected chi connectivity index (χ1v) is 7.84. The van der Waals surface area contributed by atoms with E-state index >= 15 is 0 Å². The number of rotatable bonds is 4. The van der Waals surface area contributed by atoms with Crippen LogP contribution in [0.2, 0.25) is 0 Å². The van der Waals surface area contributed by atoms with E-state index in [1.807, 2.05) is 41.8 Å². The Morgan fingerprint density at radius 3 is 2.27 bits per heavy atom. The number of nitrogens with zero attached hydrogens (tertiary/aromatic N) is 2. The minimum atomic E-state index is 0.0287. The SMILES string of the molecule is CCC(=O)N1CCN(C(=O)c2ccc(OC)c(CC)c2)CC1. The van der Waals surface area contributed by atoms with Gasteiger partial charge in [-0.15, -0.1) is 0 Å². The highest BCUT2D eigenvalue weighted by Crippen LogP contribution is 2.21. The van der Waals surface area contributed by atoms with Gasteiger partial charge >= 0.3 is 0 Å². The number of amides is 2. The van der Waals surface area contributed by atoms with Gasteiger partial charge in [0.1, 0.15) is 5.75 Å². The second-order valence-corrected chi connectivity index (χ2v) is 5.41. The van der Waals surface area contributed by atoms with E-state index in [1.54, 1.807) is 7.11 Å². The molecule has 0 saturated carbocycles. The van der Waals surface area contributed by atoms with Crippen molar-refractivity contribution < 1.29 is 14.3 Å². The van der Waals surface area contributed by atoms with Crippen LogP contribution in [0.15, 0.2) is 18.2 Å². The standard InChI is InChI=1S/C17H24N2O3/c1-4-13-12-14(6-7-15(13)22-3)17(21)19-10-8-18(9-11-19)16(20)5-2/h6-7,12H,4-5,8-11H2,1-3H3. The molecule has 0 bridgehead atoms. The Bertz CT molecular complexity index is 549. The van der Waals surface area contributed by atoms with Crippen molar-refractivity contribution in [1.29, 1.82) is 0 Å². The van der Waals surface area contributed by atoms with Gasteiger partial charge in [0, 0.05) is 38.2 Å². The molecule has 0 aliphatic carbocycles. The number of ether oxygens (including phenoxy) is 1. The van der Waals surface area contributed by atoms with Gasteiger partial charge < -0.3 is 14.5 Å². The predicted octanol–water partition coefficient (Wildman–Crippen LogP) is 1.95. The molecule has 0 atom stereocenters. The number of methoxy groups -OCH3 is 1. The Morgan fingerprint density at radius 1 is 1.09 bits per heavy atom. The van der Waals surface area contributed by atoms with E-state index in [-0.39, 0.29) is 11.8 Å². The molecule has 0 unspecified atom stereocenters. The Labute approximate surface area is 131 Å². The second-order valence-electron chi connectivity index (χ2n) is 5.41. The molecule has 5 heteroatoms. The third-order valence-electron chi connectivity index (χ3n) is 4.13. The van der Waals surface area contributed by atoms with Gasteiger partial charge in [-0.1, -0.05) is 13.8 Å². The minimum Gasteiger partial charge on any atom is -0.496 e. The lowest BCUT2D eigenvalue weighted by molar-refractivity contribution is -0.132. The Morgan fingerprint density at radius 2 is 1.73 bits per heavy atom. The lowest BCUT2D eigenvalue weighted by Crippen LogP contribution is -2.50. The zero-order chi connectivity index (χ0) is 16.1. The second kappa shape index (κ2) is 7.29. The van der Waals surface area contributed by atoms with Crippen LogP contribution in [0.1, 0.15) is 36.2 Å². The molecule has 1 heterocycles.